The van der Waals surface area contributed by atoms with E-state index in [1.807, 2.05) is 5.57 Å². The van der Waals surface area contributed by atoms with E-state index in [1.165, 1.54) is 56.6 Å². The van der Waals surface area contributed by atoms with Gasteiger partial charge in [0.25, 0.3) is 0 Å². The van der Waals surface area contributed by atoms with Crippen molar-refractivity contribution in [1.82, 2.24) is 0 Å². The third kappa shape index (κ3) is 4.21. The Kier molecular flexibility index (Phi) is 6.83. The Hall–Kier alpha value is -2.15. The summed E-state index contributed by atoms with van der Waals surface area (Å²) in [5, 5.41) is 0. The molecular formula is C33H38Ti. The van der Waals surface area contributed by atoms with Crippen LogP contribution in [0.25, 0.3) is 0 Å². The summed E-state index contributed by atoms with van der Waals surface area (Å²) in [5.41, 5.74) is 11.5. The van der Waals surface area contributed by atoms with Crippen LogP contribution >= 0.6 is 0 Å². The summed E-state index contributed by atoms with van der Waals surface area (Å²) in [6.45, 7) is 7.62. The van der Waals surface area contributed by atoms with Crippen molar-refractivity contribution in [3.8, 4) is 0 Å². The maximum absolute atomic E-state index is 2.77. The van der Waals surface area contributed by atoms with Crippen molar-refractivity contribution >= 4 is 0 Å². The normalized spacial score (nSPS) is 20.6. The second-order valence-electron chi connectivity index (χ2n) is 10.8. The zero-order valence-corrected chi connectivity index (χ0v) is 22.7. The van der Waals surface area contributed by atoms with Crippen LogP contribution in [-0.2, 0) is 30.8 Å². The fourth-order valence-electron chi connectivity index (χ4n) is 7.09. The van der Waals surface area contributed by atoms with Crippen LogP contribution in [0.3, 0.4) is 0 Å². The molecule has 0 fully saturated rings. The Balaban J connectivity index is 1.74. The molecule has 0 aromatic heterocycles. The SMILES string of the molecule is CC1=C(C)[C](C)([Ti]([CH2]c2ccccc2)([CH2]c2ccccc2)[CH2]c2ccccc2)C2=C1CCCC2. The zero-order valence-electron chi connectivity index (χ0n) is 21.1. The third-order valence-electron chi connectivity index (χ3n) is 9.05. The van der Waals surface area contributed by atoms with Crippen LogP contribution in [0.1, 0.15) is 63.1 Å². The van der Waals surface area contributed by atoms with Gasteiger partial charge in [0.2, 0.25) is 0 Å². The molecule has 0 aliphatic heterocycles. The van der Waals surface area contributed by atoms with E-state index in [1.54, 1.807) is 16.7 Å². The van der Waals surface area contributed by atoms with E-state index in [2.05, 4.69) is 112 Å². The predicted molar refractivity (Wildman–Crippen MR) is 143 cm³/mol. The third-order valence-corrected chi connectivity index (χ3v) is 18.5. The second-order valence-corrected chi connectivity index (χ2v) is 18.0. The van der Waals surface area contributed by atoms with Gasteiger partial charge in [-0.15, -0.1) is 0 Å². The Morgan fingerprint density at radius 1 is 0.618 bits per heavy atom. The summed E-state index contributed by atoms with van der Waals surface area (Å²) in [7, 11) is 0. The van der Waals surface area contributed by atoms with Gasteiger partial charge in [0.1, 0.15) is 0 Å². The summed E-state index contributed by atoms with van der Waals surface area (Å²) in [6, 6.07) is 34.3. The molecule has 2 aliphatic rings. The fraction of sp³-hybridized carbons (Fsp3) is 0.333. The molecule has 0 saturated carbocycles. The molecule has 3 aromatic rings. The van der Waals surface area contributed by atoms with Crippen LogP contribution in [0.4, 0.5) is 0 Å². The van der Waals surface area contributed by atoms with Crippen molar-refractivity contribution in [3.63, 3.8) is 0 Å². The van der Waals surface area contributed by atoms with Gasteiger partial charge >= 0.3 is 211 Å². The van der Waals surface area contributed by atoms with E-state index in [0.29, 0.717) is 0 Å². The van der Waals surface area contributed by atoms with E-state index in [4.69, 9.17) is 0 Å². The molecule has 5 rings (SSSR count). The monoisotopic (exact) mass is 482 g/mol. The standard InChI is InChI=1S/C12H17.3C7H7.Ti/c1-8-9(2)11-6-4-5-7-12(11)10(8)3;3*1-7-5-3-2-4-6-7;/h4-7H2,1-3H3;3*2-6H,1H2;. The van der Waals surface area contributed by atoms with Crippen LogP contribution in [-0.4, -0.2) is 0 Å². The van der Waals surface area contributed by atoms with Gasteiger partial charge < -0.3 is 0 Å². The van der Waals surface area contributed by atoms with Crippen molar-refractivity contribution in [1.29, 1.82) is 0 Å². The van der Waals surface area contributed by atoms with Crippen molar-refractivity contribution in [2.45, 2.75) is 64.4 Å². The van der Waals surface area contributed by atoms with Crippen LogP contribution in [0, 0.1) is 0 Å². The first-order chi connectivity index (χ1) is 16.5. The van der Waals surface area contributed by atoms with E-state index < -0.39 is 16.6 Å². The molecule has 0 saturated heterocycles. The Morgan fingerprint density at radius 3 is 1.47 bits per heavy atom. The van der Waals surface area contributed by atoms with Gasteiger partial charge in [-0.2, -0.15) is 0 Å². The van der Waals surface area contributed by atoms with E-state index in [0.717, 1.165) is 0 Å². The Morgan fingerprint density at radius 2 is 1.03 bits per heavy atom. The van der Waals surface area contributed by atoms with E-state index >= 15 is 0 Å². The van der Waals surface area contributed by atoms with Gasteiger partial charge in [0.05, 0.1) is 0 Å². The molecule has 1 heteroatoms. The van der Waals surface area contributed by atoms with Gasteiger partial charge in [0.15, 0.2) is 0 Å². The number of hydrogen-bond donors (Lipinski definition) is 0. The van der Waals surface area contributed by atoms with Gasteiger partial charge in [-0.25, -0.2) is 0 Å². The van der Waals surface area contributed by atoms with Gasteiger partial charge in [0, 0.05) is 0 Å². The van der Waals surface area contributed by atoms with Crippen molar-refractivity contribution in [2.75, 3.05) is 0 Å². The molecule has 2 aliphatic carbocycles. The molecule has 0 amide bonds. The Labute approximate surface area is 210 Å². The number of rotatable bonds is 7. The topological polar surface area (TPSA) is 0 Å². The summed E-state index contributed by atoms with van der Waals surface area (Å²) < 4.78 is 4.04. The van der Waals surface area contributed by atoms with E-state index in [9.17, 15) is 0 Å². The summed E-state index contributed by atoms with van der Waals surface area (Å²) in [4.78, 5) is 0. The summed E-state index contributed by atoms with van der Waals surface area (Å²) in [6.07, 6.45) is 5.30. The molecule has 0 radical (unpaired) electrons. The van der Waals surface area contributed by atoms with Crippen LogP contribution in [0.5, 0.6) is 0 Å². The molecule has 174 valence electrons. The average molecular weight is 483 g/mol. The average Bonchev–Trinajstić information content (AvgIpc) is 3.08. The molecular weight excluding hydrogens is 444 g/mol. The summed E-state index contributed by atoms with van der Waals surface area (Å²) >= 11 is -2.77. The fourth-order valence-corrected chi connectivity index (χ4v) is 17.1. The minimum atomic E-state index is -2.77. The number of hydrogen-bond acceptors (Lipinski definition) is 0. The first kappa shape index (κ1) is 23.6. The quantitative estimate of drug-likeness (QED) is 0.295. The van der Waals surface area contributed by atoms with Crippen LogP contribution in [0.2, 0.25) is 3.72 Å². The molecule has 0 spiro atoms. The van der Waals surface area contributed by atoms with Crippen LogP contribution in [0.15, 0.2) is 113 Å². The first-order valence-electron chi connectivity index (χ1n) is 13.1. The number of allylic oxidation sites excluding steroid dienone is 4. The molecule has 34 heavy (non-hydrogen) atoms. The van der Waals surface area contributed by atoms with Crippen molar-refractivity contribution < 1.29 is 16.6 Å². The molecule has 1 atom stereocenters. The molecule has 0 heterocycles. The molecule has 0 bridgehead atoms. The molecule has 0 nitrogen and oxygen atoms in total. The van der Waals surface area contributed by atoms with Gasteiger partial charge in [-0.3, -0.25) is 0 Å². The van der Waals surface area contributed by atoms with Gasteiger partial charge in [-0.05, 0) is 0 Å². The molecule has 0 N–H and O–H groups in total. The zero-order chi connectivity index (χ0) is 23.6. The van der Waals surface area contributed by atoms with E-state index in [-0.39, 0.29) is 3.72 Å². The predicted octanol–water partition coefficient (Wildman–Crippen LogP) is 9.14. The van der Waals surface area contributed by atoms with Crippen molar-refractivity contribution in [2.24, 2.45) is 0 Å². The number of benzene rings is 3. The van der Waals surface area contributed by atoms with Gasteiger partial charge in [-0.1, -0.05) is 0 Å². The summed E-state index contributed by atoms with van der Waals surface area (Å²) in [5.74, 6) is 0. The minimum absolute atomic E-state index is 0.237. The Bertz CT molecular complexity index is 1090. The van der Waals surface area contributed by atoms with Crippen molar-refractivity contribution in [3.05, 3.63) is 130 Å². The van der Waals surface area contributed by atoms with Crippen LogP contribution < -0.4 is 0 Å². The maximum atomic E-state index is 2.69. The molecule has 3 aromatic carbocycles. The first-order valence-corrected chi connectivity index (χ1v) is 17.2. The molecule has 1 unspecified atom stereocenters. The second kappa shape index (κ2) is 9.84.